The fourth-order valence-electron chi connectivity index (χ4n) is 5.08. The van der Waals surface area contributed by atoms with Crippen molar-refractivity contribution in [3.05, 3.63) is 58.7 Å². The summed E-state index contributed by atoms with van der Waals surface area (Å²) in [5.74, 6) is 1.90. The number of amides is 1. The second-order valence-electron chi connectivity index (χ2n) is 8.86. The normalized spacial score (nSPS) is 19.1. The highest BCUT2D eigenvalue weighted by Gasteiger charge is 2.31. The number of rotatable bonds is 7. The molecule has 1 amide bonds. The van der Waals surface area contributed by atoms with Gasteiger partial charge in [0.2, 0.25) is 5.91 Å². The first kappa shape index (κ1) is 21.7. The van der Waals surface area contributed by atoms with Crippen LogP contribution < -0.4 is 14.8 Å². The number of carbonyl (C=O) groups excluding carboxylic acids is 1. The van der Waals surface area contributed by atoms with E-state index in [0.717, 1.165) is 43.9 Å². The van der Waals surface area contributed by atoms with Crippen molar-refractivity contribution in [3.63, 3.8) is 0 Å². The van der Waals surface area contributed by atoms with Crippen molar-refractivity contribution in [2.45, 2.75) is 51.6 Å². The van der Waals surface area contributed by atoms with Crippen LogP contribution in [0.5, 0.6) is 11.5 Å². The number of nitrogens with one attached hydrogen (secondary N) is 1. The fourth-order valence-corrected chi connectivity index (χ4v) is 5.08. The molecule has 0 aromatic heterocycles. The maximum atomic E-state index is 12.8. The number of aryl methyl sites for hydroxylation is 1. The van der Waals surface area contributed by atoms with E-state index in [1.807, 2.05) is 0 Å². The monoisotopic (exact) mass is 422 g/mol. The molecule has 1 atom stereocenters. The van der Waals surface area contributed by atoms with Gasteiger partial charge in [-0.05, 0) is 55.0 Å². The molecule has 2 aliphatic rings. The van der Waals surface area contributed by atoms with Crippen LogP contribution in [0.3, 0.4) is 0 Å². The minimum Gasteiger partial charge on any atom is -0.493 e. The average molecular weight is 423 g/mol. The molecule has 1 fully saturated rings. The Labute approximate surface area is 185 Å². The number of benzene rings is 2. The van der Waals surface area contributed by atoms with Gasteiger partial charge in [0.15, 0.2) is 11.5 Å². The van der Waals surface area contributed by atoms with E-state index in [4.69, 9.17) is 9.47 Å². The third-order valence-corrected chi connectivity index (χ3v) is 6.78. The highest BCUT2D eigenvalue weighted by Crippen LogP contribution is 2.38. The highest BCUT2D eigenvalue weighted by molar-refractivity contribution is 5.78. The van der Waals surface area contributed by atoms with Gasteiger partial charge >= 0.3 is 0 Å². The lowest BCUT2D eigenvalue weighted by Crippen LogP contribution is -2.43. The van der Waals surface area contributed by atoms with E-state index in [9.17, 15) is 4.79 Å². The molecule has 1 aliphatic carbocycles. The van der Waals surface area contributed by atoms with Gasteiger partial charge in [-0.1, -0.05) is 42.7 Å². The lowest BCUT2D eigenvalue weighted by molar-refractivity contribution is -0.125. The average Bonchev–Trinajstić information content (AvgIpc) is 3.32. The molecule has 0 radical (unpaired) electrons. The first-order chi connectivity index (χ1) is 15.1. The maximum Gasteiger partial charge on any atom is 0.223 e. The summed E-state index contributed by atoms with van der Waals surface area (Å²) < 4.78 is 11.1. The standard InChI is InChI=1S/C26H34N2O3/c1-18-7-6-8-19(13-18)17-28-12-11-21-14-24(30-2)25(31-3)15-22(21)23(28)16-27-26(29)20-9-4-5-10-20/h6-8,13-15,20,23H,4-5,9-12,16-17H2,1-3H3,(H,27,29)/t23-/m0/s1. The van der Waals surface area contributed by atoms with Gasteiger partial charge in [-0.2, -0.15) is 0 Å². The summed E-state index contributed by atoms with van der Waals surface area (Å²) in [5.41, 5.74) is 5.07. The number of hydrogen-bond acceptors (Lipinski definition) is 4. The number of carbonyl (C=O) groups is 1. The van der Waals surface area contributed by atoms with Crippen LogP contribution in [0.1, 0.15) is 54.0 Å². The Hall–Kier alpha value is -2.53. The Bertz CT molecular complexity index is 921. The molecule has 0 saturated heterocycles. The molecule has 0 spiro atoms. The molecule has 1 saturated carbocycles. The van der Waals surface area contributed by atoms with Crippen molar-refractivity contribution < 1.29 is 14.3 Å². The van der Waals surface area contributed by atoms with E-state index >= 15 is 0 Å². The molecule has 1 aliphatic heterocycles. The number of fused-ring (bicyclic) bond motifs is 1. The van der Waals surface area contributed by atoms with Crippen LogP contribution in [-0.4, -0.2) is 38.1 Å². The first-order valence-corrected chi connectivity index (χ1v) is 11.4. The fraction of sp³-hybridized carbons (Fsp3) is 0.500. The molecule has 166 valence electrons. The third kappa shape index (κ3) is 4.87. The highest BCUT2D eigenvalue weighted by atomic mass is 16.5. The quantitative estimate of drug-likeness (QED) is 0.718. The van der Waals surface area contributed by atoms with E-state index in [1.54, 1.807) is 14.2 Å². The zero-order valence-corrected chi connectivity index (χ0v) is 18.9. The molecular weight excluding hydrogens is 388 g/mol. The topological polar surface area (TPSA) is 50.8 Å². The van der Waals surface area contributed by atoms with Crippen molar-refractivity contribution in [2.75, 3.05) is 27.3 Å². The van der Waals surface area contributed by atoms with Gasteiger partial charge in [-0.15, -0.1) is 0 Å². The zero-order valence-electron chi connectivity index (χ0n) is 18.9. The SMILES string of the molecule is COc1cc2c(cc1OC)[C@H](CNC(=O)C1CCCC1)N(Cc1cccc(C)c1)CC2. The lowest BCUT2D eigenvalue weighted by atomic mass is 9.91. The molecule has 1 N–H and O–H groups in total. The van der Waals surface area contributed by atoms with Gasteiger partial charge in [0.25, 0.3) is 0 Å². The van der Waals surface area contributed by atoms with Gasteiger partial charge in [0.05, 0.1) is 20.3 Å². The van der Waals surface area contributed by atoms with E-state index in [-0.39, 0.29) is 17.9 Å². The molecule has 0 bridgehead atoms. The Kier molecular flexibility index (Phi) is 6.81. The molecule has 0 unspecified atom stereocenters. The molecule has 5 nitrogen and oxygen atoms in total. The predicted molar refractivity (Wildman–Crippen MR) is 123 cm³/mol. The van der Waals surface area contributed by atoms with Crippen molar-refractivity contribution in [1.82, 2.24) is 10.2 Å². The van der Waals surface area contributed by atoms with Crippen LogP contribution in [-0.2, 0) is 17.8 Å². The van der Waals surface area contributed by atoms with E-state index < -0.39 is 0 Å². The number of nitrogens with zero attached hydrogens (tertiary/aromatic N) is 1. The molecule has 2 aromatic rings. The van der Waals surface area contributed by atoms with E-state index in [1.165, 1.54) is 35.1 Å². The summed E-state index contributed by atoms with van der Waals surface area (Å²) in [6, 6.07) is 13.0. The van der Waals surface area contributed by atoms with Crippen LogP contribution >= 0.6 is 0 Å². The number of hydrogen-bond donors (Lipinski definition) is 1. The van der Waals surface area contributed by atoms with Crippen molar-refractivity contribution in [2.24, 2.45) is 5.92 Å². The minimum absolute atomic E-state index is 0.106. The second kappa shape index (κ2) is 9.73. The van der Waals surface area contributed by atoms with Crippen molar-refractivity contribution >= 4 is 5.91 Å². The second-order valence-corrected chi connectivity index (χ2v) is 8.86. The predicted octanol–water partition coefficient (Wildman–Crippen LogP) is 4.42. The summed E-state index contributed by atoms with van der Waals surface area (Å²) >= 11 is 0. The van der Waals surface area contributed by atoms with Gasteiger partial charge in [-0.3, -0.25) is 9.69 Å². The molecular formula is C26H34N2O3. The molecule has 31 heavy (non-hydrogen) atoms. The van der Waals surface area contributed by atoms with Crippen molar-refractivity contribution in [1.29, 1.82) is 0 Å². The summed E-state index contributed by atoms with van der Waals surface area (Å²) in [7, 11) is 3.35. The third-order valence-electron chi connectivity index (χ3n) is 6.78. The van der Waals surface area contributed by atoms with E-state index in [0.29, 0.717) is 6.54 Å². The van der Waals surface area contributed by atoms with Crippen molar-refractivity contribution in [3.8, 4) is 11.5 Å². The first-order valence-electron chi connectivity index (χ1n) is 11.4. The Morgan fingerprint density at radius 1 is 1.10 bits per heavy atom. The van der Waals surface area contributed by atoms with Gasteiger partial charge < -0.3 is 14.8 Å². The van der Waals surface area contributed by atoms with Crippen LogP contribution in [0, 0.1) is 12.8 Å². The molecule has 4 rings (SSSR count). The Balaban J connectivity index is 1.60. The van der Waals surface area contributed by atoms with Crippen LogP contribution in [0.2, 0.25) is 0 Å². The lowest BCUT2D eigenvalue weighted by Gasteiger charge is -2.38. The minimum atomic E-state index is 0.106. The van der Waals surface area contributed by atoms with Gasteiger partial charge in [0, 0.05) is 25.6 Å². The number of methoxy groups -OCH3 is 2. The summed E-state index contributed by atoms with van der Waals surface area (Å²) in [5, 5.41) is 3.28. The van der Waals surface area contributed by atoms with Crippen LogP contribution in [0.4, 0.5) is 0 Å². The maximum absolute atomic E-state index is 12.8. The van der Waals surface area contributed by atoms with E-state index in [2.05, 4.69) is 53.5 Å². The summed E-state index contributed by atoms with van der Waals surface area (Å²) in [6.45, 7) is 4.55. The Morgan fingerprint density at radius 2 is 1.84 bits per heavy atom. The molecule has 5 heteroatoms. The van der Waals surface area contributed by atoms with Gasteiger partial charge in [-0.25, -0.2) is 0 Å². The smallest absolute Gasteiger partial charge is 0.223 e. The molecule has 1 heterocycles. The number of ether oxygens (including phenoxy) is 2. The van der Waals surface area contributed by atoms with Crippen LogP contribution in [0.25, 0.3) is 0 Å². The Morgan fingerprint density at radius 3 is 2.55 bits per heavy atom. The molecule has 2 aromatic carbocycles. The van der Waals surface area contributed by atoms with Gasteiger partial charge in [0.1, 0.15) is 0 Å². The van der Waals surface area contributed by atoms with Crippen LogP contribution in [0.15, 0.2) is 36.4 Å². The zero-order chi connectivity index (χ0) is 21.8. The summed E-state index contributed by atoms with van der Waals surface area (Å²) in [6.07, 6.45) is 5.33. The summed E-state index contributed by atoms with van der Waals surface area (Å²) in [4.78, 5) is 15.2. The largest absolute Gasteiger partial charge is 0.493 e.